The van der Waals surface area contributed by atoms with Crippen LogP contribution in [0.4, 0.5) is 0 Å². The Labute approximate surface area is 198 Å². The molecule has 0 radical (unpaired) electrons. The summed E-state index contributed by atoms with van der Waals surface area (Å²) in [6.07, 6.45) is 1.38. The quantitative estimate of drug-likeness (QED) is 0.298. The van der Waals surface area contributed by atoms with Crippen LogP contribution in [0.5, 0.6) is 0 Å². The number of ether oxygens (including phenoxy) is 1. The molecule has 4 heterocycles. The third-order valence-electron chi connectivity index (χ3n) is 6.39. The number of carbonyl (C=O) groups is 3. The van der Waals surface area contributed by atoms with E-state index in [4.69, 9.17) is 9.72 Å². The molecule has 2 aliphatic rings. The van der Waals surface area contributed by atoms with Crippen LogP contribution in [-0.4, -0.2) is 37.6 Å². The van der Waals surface area contributed by atoms with Crippen molar-refractivity contribution >= 4 is 34.8 Å². The first-order chi connectivity index (χ1) is 16.6. The number of fused-ring (bicyclic) bond motifs is 5. The van der Waals surface area contributed by atoms with Crippen LogP contribution in [0.3, 0.4) is 0 Å². The molecule has 178 valence electrons. The number of carbonyl (C=O) groups excluding carboxylic acids is 2. The zero-order chi connectivity index (χ0) is 25.1. The van der Waals surface area contributed by atoms with Gasteiger partial charge in [0.2, 0.25) is 5.91 Å². The fourth-order valence-electron chi connectivity index (χ4n) is 4.59. The highest BCUT2D eigenvalue weighted by molar-refractivity contribution is 5.97. The van der Waals surface area contributed by atoms with Gasteiger partial charge in [0.05, 0.1) is 29.0 Å². The lowest BCUT2D eigenvalue weighted by atomic mass is 9.86. The minimum atomic E-state index is -1.91. The highest BCUT2D eigenvalue weighted by atomic mass is 16.6. The number of amides is 1. The van der Waals surface area contributed by atoms with E-state index in [0.717, 1.165) is 10.9 Å². The SMILES string of the molecule is CC[C@@]1(O)C(=O)OCc2c1cc1n(c2=O)Cc2cc3ccc(C=C(NC(C)=O)C(=O)O)cc3nc2-1. The monoisotopic (exact) mass is 475 g/mol. The molecule has 1 atom stereocenters. The van der Waals surface area contributed by atoms with Crippen molar-refractivity contribution in [2.75, 3.05) is 0 Å². The standard InChI is InChI=1S/C25H21N3O7/c1-3-25(34)17-9-20-21-15(10-28(20)22(30)16(17)11-35-24(25)33)8-14-5-4-13(6-18(14)27-21)7-19(23(31)32)26-12(2)29/h4-9,34H,3,10-11H2,1-2H3,(H,26,29)(H,31,32)/t25-/m0/s1. The van der Waals surface area contributed by atoms with E-state index in [1.807, 2.05) is 6.07 Å². The first-order valence-corrected chi connectivity index (χ1v) is 11.0. The van der Waals surface area contributed by atoms with Gasteiger partial charge in [-0.15, -0.1) is 0 Å². The Morgan fingerprint density at radius 2 is 2.03 bits per heavy atom. The van der Waals surface area contributed by atoms with E-state index in [1.165, 1.54) is 13.0 Å². The topological polar surface area (TPSA) is 148 Å². The van der Waals surface area contributed by atoms with Gasteiger partial charge in [0.15, 0.2) is 5.60 Å². The molecule has 35 heavy (non-hydrogen) atoms. The first-order valence-electron chi connectivity index (χ1n) is 11.0. The lowest BCUT2D eigenvalue weighted by Gasteiger charge is -2.31. The first kappa shape index (κ1) is 22.5. The molecule has 3 N–H and O–H groups in total. The molecule has 0 spiro atoms. The molecule has 2 aliphatic heterocycles. The maximum atomic E-state index is 13.2. The van der Waals surface area contributed by atoms with E-state index >= 15 is 0 Å². The van der Waals surface area contributed by atoms with Gasteiger partial charge in [-0.3, -0.25) is 9.59 Å². The number of aromatic nitrogens is 2. The molecule has 0 saturated carbocycles. The Morgan fingerprint density at radius 1 is 1.26 bits per heavy atom. The number of cyclic esters (lactones) is 1. The van der Waals surface area contributed by atoms with Crippen LogP contribution in [0.15, 0.2) is 40.8 Å². The van der Waals surface area contributed by atoms with E-state index in [-0.39, 0.29) is 42.0 Å². The molecule has 0 saturated heterocycles. The van der Waals surface area contributed by atoms with Crippen LogP contribution in [0.2, 0.25) is 0 Å². The summed E-state index contributed by atoms with van der Waals surface area (Å²) in [5.74, 6) is -2.56. The summed E-state index contributed by atoms with van der Waals surface area (Å²) in [5.41, 5.74) is 0.856. The zero-order valence-electron chi connectivity index (χ0n) is 18.9. The van der Waals surface area contributed by atoms with Crippen molar-refractivity contribution in [1.29, 1.82) is 0 Å². The molecule has 10 nitrogen and oxygen atoms in total. The molecule has 10 heteroatoms. The maximum Gasteiger partial charge on any atom is 0.352 e. The van der Waals surface area contributed by atoms with Gasteiger partial charge in [0, 0.05) is 23.4 Å². The van der Waals surface area contributed by atoms with Gasteiger partial charge in [-0.25, -0.2) is 14.6 Å². The lowest BCUT2D eigenvalue weighted by molar-refractivity contribution is -0.172. The molecule has 0 bridgehead atoms. The van der Waals surface area contributed by atoms with Gasteiger partial charge in [0.25, 0.3) is 5.56 Å². The zero-order valence-corrected chi connectivity index (χ0v) is 18.9. The van der Waals surface area contributed by atoms with Crippen molar-refractivity contribution in [3.63, 3.8) is 0 Å². The fraction of sp³-hybridized carbons (Fsp3) is 0.240. The molecule has 2 aromatic heterocycles. The number of carboxylic acid groups (broad SMARTS) is 1. The molecular weight excluding hydrogens is 454 g/mol. The third-order valence-corrected chi connectivity index (χ3v) is 6.39. The van der Waals surface area contributed by atoms with Crippen LogP contribution in [0, 0.1) is 0 Å². The van der Waals surface area contributed by atoms with Crippen LogP contribution >= 0.6 is 0 Å². The highest BCUT2D eigenvalue weighted by Crippen LogP contribution is 2.38. The highest BCUT2D eigenvalue weighted by Gasteiger charge is 2.45. The van der Waals surface area contributed by atoms with Crippen LogP contribution < -0.4 is 10.9 Å². The molecule has 0 fully saturated rings. The van der Waals surface area contributed by atoms with Crippen molar-refractivity contribution in [3.05, 3.63) is 68.6 Å². The second-order valence-electron chi connectivity index (χ2n) is 8.60. The summed E-state index contributed by atoms with van der Waals surface area (Å²) in [4.78, 5) is 53.1. The summed E-state index contributed by atoms with van der Waals surface area (Å²) in [6.45, 7) is 2.95. The number of rotatable bonds is 4. The van der Waals surface area contributed by atoms with Crippen LogP contribution in [0.1, 0.15) is 42.5 Å². The Kier molecular flexibility index (Phi) is 5.06. The minimum absolute atomic E-state index is 0.0512. The average molecular weight is 475 g/mol. The molecule has 5 rings (SSSR count). The smallest absolute Gasteiger partial charge is 0.352 e. The summed E-state index contributed by atoms with van der Waals surface area (Å²) in [7, 11) is 0. The Bertz CT molecular complexity index is 1550. The third kappa shape index (κ3) is 3.50. The minimum Gasteiger partial charge on any atom is -0.477 e. The van der Waals surface area contributed by atoms with E-state index in [1.54, 1.807) is 35.8 Å². The molecular formula is C25H21N3O7. The van der Waals surface area contributed by atoms with Crippen molar-refractivity contribution in [2.24, 2.45) is 0 Å². The van der Waals surface area contributed by atoms with Gasteiger partial charge < -0.3 is 24.8 Å². The predicted molar refractivity (Wildman–Crippen MR) is 124 cm³/mol. The summed E-state index contributed by atoms with van der Waals surface area (Å²) >= 11 is 0. The van der Waals surface area contributed by atoms with Gasteiger partial charge in [-0.1, -0.05) is 19.1 Å². The second kappa shape index (κ2) is 7.88. The number of benzene rings is 1. The lowest BCUT2D eigenvalue weighted by Crippen LogP contribution is -2.44. The summed E-state index contributed by atoms with van der Waals surface area (Å²) in [6, 6.07) is 8.70. The molecule has 1 aromatic carbocycles. The van der Waals surface area contributed by atoms with Gasteiger partial charge >= 0.3 is 11.9 Å². The van der Waals surface area contributed by atoms with Crippen LogP contribution in [-0.2, 0) is 37.9 Å². The number of pyridine rings is 2. The van der Waals surface area contributed by atoms with Gasteiger partial charge in [0.1, 0.15) is 12.3 Å². The normalized spacial score (nSPS) is 18.5. The number of nitrogens with one attached hydrogen (secondary N) is 1. The Hall–Kier alpha value is -4.31. The second-order valence-corrected chi connectivity index (χ2v) is 8.60. The van der Waals surface area contributed by atoms with Crippen molar-refractivity contribution < 1.29 is 29.3 Å². The van der Waals surface area contributed by atoms with Crippen molar-refractivity contribution in [3.8, 4) is 11.4 Å². The van der Waals surface area contributed by atoms with E-state index < -0.39 is 23.4 Å². The number of nitrogens with zero attached hydrogens (tertiary/aromatic N) is 2. The van der Waals surface area contributed by atoms with E-state index in [9.17, 15) is 29.4 Å². The molecule has 0 aliphatic carbocycles. The largest absolute Gasteiger partial charge is 0.477 e. The van der Waals surface area contributed by atoms with Gasteiger partial charge in [-0.2, -0.15) is 0 Å². The number of hydrogen-bond acceptors (Lipinski definition) is 7. The van der Waals surface area contributed by atoms with Crippen LogP contribution in [0.25, 0.3) is 28.4 Å². The number of carboxylic acids is 1. The molecule has 1 amide bonds. The Balaban J connectivity index is 1.66. The number of aliphatic hydroxyl groups is 1. The number of hydrogen-bond donors (Lipinski definition) is 3. The maximum absolute atomic E-state index is 13.2. The molecule has 3 aromatic rings. The van der Waals surface area contributed by atoms with Crippen molar-refractivity contribution in [1.82, 2.24) is 14.9 Å². The fourth-order valence-corrected chi connectivity index (χ4v) is 4.59. The number of aliphatic carboxylic acids is 1. The average Bonchev–Trinajstić information content (AvgIpc) is 3.17. The van der Waals surface area contributed by atoms with Crippen molar-refractivity contribution in [2.45, 2.75) is 39.0 Å². The molecule has 0 unspecified atom stereocenters. The Morgan fingerprint density at radius 3 is 2.71 bits per heavy atom. The number of esters is 1. The predicted octanol–water partition coefficient (Wildman–Crippen LogP) is 1.64. The van der Waals surface area contributed by atoms with E-state index in [2.05, 4.69) is 5.32 Å². The van der Waals surface area contributed by atoms with E-state index in [0.29, 0.717) is 22.5 Å². The summed E-state index contributed by atoms with van der Waals surface area (Å²) in [5, 5.41) is 23.4. The summed E-state index contributed by atoms with van der Waals surface area (Å²) < 4.78 is 6.63. The van der Waals surface area contributed by atoms with Gasteiger partial charge in [-0.05, 0) is 36.3 Å².